The van der Waals surface area contributed by atoms with Crippen LogP contribution in [-0.2, 0) is 21.0 Å². The molecule has 0 saturated carbocycles. The first-order valence-corrected chi connectivity index (χ1v) is 11.2. The first-order valence-electron chi connectivity index (χ1n) is 8.77. The van der Waals surface area contributed by atoms with Crippen molar-refractivity contribution in [3.8, 4) is 0 Å². The lowest BCUT2D eigenvalue weighted by molar-refractivity contribution is 0.102. The number of hydrogen-bond acceptors (Lipinski definition) is 6. The summed E-state index contributed by atoms with van der Waals surface area (Å²) in [6.07, 6.45) is 0. The SMILES string of the molecule is CC(C)(C)c1ccc(C(=O)Nc2nnc(S(=O)(=O)Cc3ccc(F)cc3)s2)cc1. The molecule has 0 aliphatic carbocycles. The average Bonchev–Trinajstić information content (AvgIpc) is 3.12. The minimum atomic E-state index is -3.76. The number of carbonyl (C=O) groups is 1. The molecule has 29 heavy (non-hydrogen) atoms. The third kappa shape index (κ3) is 5.24. The maximum atomic E-state index is 13.0. The quantitative estimate of drug-likeness (QED) is 0.609. The molecule has 0 unspecified atom stereocenters. The molecule has 0 radical (unpaired) electrons. The van der Waals surface area contributed by atoms with Gasteiger partial charge in [0.15, 0.2) is 0 Å². The van der Waals surface area contributed by atoms with E-state index in [1.807, 2.05) is 12.1 Å². The summed E-state index contributed by atoms with van der Waals surface area (Å²) in [4.78, 5) is 12.4. The van der Waals surface area contributed by atoms with Gasteiger partial charge in [-0.2, -0.15) is 0 Å². The normalized spacial score (nSPS) is 12.0. The standard InChI is InChI=1S/C20H20FN3O3S2/c1-20(2,3)15-8-6-14(7-9-15)17(25)22-18-23-24-19(28-18)29(26,27)12-13-4-10-16(21)11-5-13/h4-11H,12H2,1-3H3,(H,22,23,25). The second kappa shape index (κ2) is 8.00. The van der Waals surface area contributed by atoms with Crippen molar-refractivity contribution < 1.29 is 17.6 Å². The van der Waals surface area contributed by atoms with E-state index in [4.69, 9.17) is 0 Å². The first-order chi connectivity index (χ1) is 13.5. The number of anilines is 1. The van der Waals surface area contributed by atoms with Gasteiger partial charge in [0.1, 0.15) is 5.82 Å². The lowest BCUT2D eigenvalue weighted by Crippen LogP contribution is -2.14. The van der Waals surface area contributed by atoms with Crippen LogP contribution in [0.3, 0.4) is 0 Å². The molecule has 1 aromatic heterocycles. The zero-order chi connectivity index (χ0) is 21.2. The summed E-state index contributed by atoms with van der Waals surface area (Å²) < 4.78 is 37.7. The van der Waals surface area contributed by atoms with Gasteiger partial charge in [-0.3, -0.25) is 10.1 Å². The van der Waals surface area contributed by atoms with Gasteiger partial charge in [0, 0.05) is 5.56 Å². The molecular formula is C20H20FN3O3S2. The molecule has 0 saturated heterocycles. The van der Waals surface area contributed by atoms with Crippen molar-refractivity contribution in [3.63, 3.8) is 0 Å². The van der Waals surface area contributed by atoms with Crippen LogP contribution in [0.25, 0.3) is 0 Å². The van der Waals surface area contributed by atoms with Gasteiger partial charge >= 0.3 is 0 Å². The van der Waals surface area contributed by atoms with Crippen LogP contribution in [0, 0.1) is 5.82 Å². The van der Waals surface area contributed by atoms with Gasteiger partial charge in [-0.25, -0.2) is 12.8 Å². The van der Waals surface area contributed by atoms with E-state index in [2.05, 4.69) is 36.3 Å². The number of sulfone groups is 1. The van der Waals surface area contributed by atoms with Crippen molar-refractivity contribution in [3.05, 3.63) is 71.0 Å². The Bertz CT molecular complexity index is 1120. The molecule has 2 aromatic carbocycles. The fourth-order valence-electron chi connectivity index (χ4n) is 2.54. The molecule has 6 nitrogen and oxygen atoms in total. The fourth-order valence-corrected chi connectivity index (χ4v) is 4.85. The van der Waals surface area contributed by atoms with Crippen molar-refractivity contribution in [1.29, 1.82) is 0 Å². The highest BCUT2D eigenvalue weighted by atomic mass is 32.2. The van der Waals surface area contributed by atoms with Crippen LogP contribution in [0.4, 0.5) is 9.52 Å². The van der Waals surface area contributed by atoms with Crippen molar-refractivity contribution in [1.82, 2.24) is 10.2 Å². The Morgan fingerprint density at radius 1 is 1.03 bits per heavy atom. The van der Waals surface area contributed by atoms with Crippen LogP contribution in [0.2, 0.25) is 0 Å². The lowest BCUT2D eigenvalue weighted by Gasteiger charge is -2.18. The molecule has 0 fully saturated rings. The Morgan fingerprint density at radius 3 is 2.24 bits per heavy atom. The summed E-state index contributed by atoms with van der Waals surface area (Å²) in [5, 5.41) is 10.1. The van der Waals surface area contributed by atoms with Crippen LogP contribution in [-0.4, -0.2) is 24.5 Å². The largest absolute Gasteiger partial charge is 0.296 e. The van der Waals surface area contributed by atoms with Crippen LogP contribution in [0.5, 0.6) is 0 Å². The molecule has 1 amide bonds. The molecule has 1 N–H and O–H groups in total. The van der Waals surface area contributed by atoms with E-state index in [9.17, 15) is 17.6 Å². The summed E-state index contributed by atoms with van der Waals surface area (Å²) in [6.45, 7) is 6.24. The third-order valence-electron chi connectivity index (χ3n) is 4.18. The zero-order valence-electron chi connectivity index (χ0n) is 16.1. The maximum absolute atomic E-state index is 13.0. The molecule has 3 aromatic rings. The van der Waals surface area contributed by atoms with E-state index in [1.54, 1.807) is 12.1 Å². The van der Waals surface area contributed by atoms with E-state index >= 15 is 0 Å². The van der Waals surface area contributed by atoms with Crippen LogP contribution in [0.15, 0.2) is 52.9 Å². The Balaban J connectivity index is 1.70. The molecule has 9 heteroatoms. The molecule has 152 valence electrons. The molecule has 0 atom stereocenters. The number of aromatic nitrogens is 2. The van der Waals surface area contributed by atoms with Gasteiger partial charge in [0.05, 0.1) is 5.75 Å². The predicted molar refractivity (Wildman–Crippen MR) is 110 cm³/mol. The van der Waals surface area contributed by atoms with Crippen molar-refractivity contribution in [2.45, 2.75) is 36.3 Å². The Kier molecular flexibility index (Phi) is 5.81. The van der Waals surface area contributed by atoms with Crippen molar-refractivity contribution >= 4 is 32.2 Å². The Morgan fingerprint density at radius 2 is 1.66 bits per heavy atom. The third-order valence-corrected chi connectivity index (χ3v) is 7.15. The monoisotopic (exact) mass is 433 g/mol. The Labute approximate surface area is 172 Å². The second-order valence-electron chi connectivity index (χ2n) is 7.54. The summed E-state index contributed by atoms with van der Waals surface area (Å²) in [5.74, 6) is -1.17. The summed E-state index contributed by atoms with van der Waals surface area (Å²) >= 11 is 0.776. The minimum Gasteiger partial charge on any atom is -0.296 e. The van der Waals surface area contributed by atoms with E-state index in [0.717, 1.165) is 16.9 Å². The van der Waals surface area contributed by atoms with Crippen molar-refractivity contribution in [2.75, 3.05) is 5.32 Å². The number of hydrogen-bond donors (Lipinski definition) is 1. The maximum Gasteiger partial charge on any atom is 0.257 e. The van der Waals surface area contributed by atoms with Crippen molar-refractivity contribution in [2.24, 2.45) is 0 Å². The zero-order valence-corrected chi connectivity index (χ0v) is 17.8. The number of nitrogens with one attached hydrogen (secondary N) is 1. The molecular weight excluding hydrogens is 413 g/mol. The number of amides is 1. The Hall–Kier alpha value is -2.65. The van der Waals surface area contributed by atoms with E-state index in [0.29, 0.717) is 11.1 Å². The number of rotatable bonds is 5. The molecule has 3 rings (SSSR count). The van der Waals surface area contributed by atoms with Crippen LogP contribution in [0.1, 0.15) is 42.3 Å². The highest BCUT2D eigenvalue weighted by Crippen LogP contribution is 2.25. The van der Waals surface area contributed by atoms with Gasteiger partial charge in [0.2, 0.25) is 19.3 Å². The molecule has 0 aliphatic heterocycles. The average molecular weight is 434 g/mol. The second-order valence-corrected chi connectivity index (χ2v) is 10.7. The van der Waals surface area contributed by atoms with Gasteiger partial charge in [-0.05, 0) is 40.8 Å². The smallest absolute Gasteiger partial charge is 0.257 e. The first kappa shape index (κ1) is 21.1. The fraction of sp³-hybridized carbons (Fsp3) is 0.250. The van der Waals surface area contributed by atoms with E-state index < -0.39 is 21.6 Å². The van der Waals surface area contributed by atoms with Gasteiger partial charge < -0.3 is 0 Å². The van der Waals surface area contributed by atoms with Gasteiger partial charge in [-0.1, -0.05) is 56.4 Å². The number of halogens is 1. The molecule has 0 aliphatic rings. The topological polar surface area (TPSA) is 89.0 Å². The highest BCUT2D eigenvalue weighted by Gasteiger charge is 2.22. The molecule has 1 heterocycles. The van der Waals surface area contributed by atoms with Crippen LogP contribution < -0.4 is 5.32 Å². The summed E-state index contributed by atoms with van der Waals surface area (Å²) in [7, 11) is -3.76. The lowest BCUT2D eigenvalue weighted by atomic mass is 9.87. The molecule has 0 spiro atoms. The van der Waals surface area contributed by atoms with E-state index in [-0.39, 0.29) is 20.6 Å². The summed E-state index contributed by atoms with van der Waals surface area (Å²) in [6, 6.07) is 12.4. The number of nitrogens with zero attached hydrogens (tertiary/aromatic N) is 2. The highest BCUT2D eigenvalue weighted by molar-refractivity contribution is 7.92. The van der Waals surface area contributed by atoms with E-state index in [1.165, 1.54) is 24.3 Å². The minimum absolute atomic E-state index is 0.0258. The number of benzene rings is 2. The van der Waals surface area contributed by atoms with Gasteiger partial charge in [0.25, 0.3) is 5.91 Å². The predicted octanol–water partition coefficient (Wildman–Crippen LogP) is 4.20. The van der Waals surface area contributed by atoms with Gasteiger partial charge in [-0.15, -0.1) is 10.2 Å². The van der Waals surface area contributed by atoms with Crippen LogP contribution >= 0.6 is 11.3 Å². The molecule has 0 bridgehead atoms. The number of carbonyl (C=O) groups excluding carboxylic acids is 1. The summed E-state index contributed by atoms with van der Waals surface area (Å²) in [5.41, 5.74) is 1.94.